The molecule has 0 radical (unpaired) electrons. The molecule has 4 heterocycles. The number of fused-ring (bicyclic) bond motifs is 3. The highest BCUT2D eigenvalue weighted by Gasteiger charge is 2.49. The molecule has 0 spiro atoms. The van der Waals surface area contributed by atoms with Crippen LogP contribution in [0.3, 0.4) is 0 Å². The largest absolute Gasteiger partial charge is 0.480 e. The minimum Gasteiger partial charge on any atom is -0.480 e. The summed E-state index contributed by atoms with van der Waals surface area (Å²) >= 11 is 0. The first-order chi connectivity index (χ1) is 8.24. The lowest BCUT2D eigenvalue weighted by Gasteiger charge is -2.49. The SMILES string of the molecule is COc1nccnc1C1(O)CN2CCC1CC2. The summed E-state index contributed by atoms with van der Waals surface area (Å²) in [7, 11) is 1.57. The normalized spacial score (nSPS) is 35.9. The van der Waals surface area contributed by atoms with Crippen molar-refractivity contribution < 1.29 is 9.84 Å². The molecular formula is C12H17N3O2. The minimum absolute atomic E-state index is 0.276. The zero-order valence-electron chi connectivity index (χ0n) is 9.96. The predicted octanol–water partition coefficient (Wildman–Crippen LogP) is 0.398. The number of aliphatic hydroxyl groups is 1. The number of ether oxygens (including phenoxy) is 1. The molecule has 0 saturated carbocycles. The van der Waals surface area contributed by atoms with Crippen LogP contribution in [0.15, 0.2) is 12.4 Å². The molecule has 3 aliphatic rings. The van der Waals surface area contributed by atoms with Gasteiger partial charge in [-0.3, -0.25) is 4.98 Å². The highest BCUT2D eigenvalue weighted by Crippen LogP contribution is 2.43. The fourth-order valence-electron chi connectivity index (χ4n) is 3.08. The Hall–Kier alpha value is -1.20. The number of aromatic nitrogens is 2. The van der Waals surface area contributed by atoms with E-state index in [4.69, 9.17) is 4.74 Å². The monoisotopic (exact) mass is 235 g/mol. The molecule has 3 fully saturated rings. The highest BCUT2D eigenvalue weighted by molar-refractivity contribution is 5.27. The molecule has 0 aliphatic carbocycles. The van der Waals surface area contributed by atoms with Gasteiger partial charge < -0.3 is 14.7 Å². The van der Waals surface area contributed by atoms with Gasteiger partial charge in [0.2, 0.25) is 5.88 Å². The van der Waals surface area contributed by atoms with E-state index >= 15 is 0 Å². The summed E-state index contributed by atoms with van der Waals surface area (Å²) in [5.41, 5.74) is -0.298. The Kier molecular flexibility index (Phi) is 2.52. The van der Waals surface area contributed by atoms with Crippen LogP contribution in [0.4, 0.5) is 0 Å². The second kappa shape index (κ2) is 3.92. The minimum atomic E-state index is -0.893. The Morgan fingerprint density at radius 2 is 2.06 bits per heavy atom. The van der Waals surface area contributed by atoms with Gasteiger partial charge >= 0.3 is 0 Å². The molecule has 92 valence electrons. The molecule has 0 aromatic carbocycles. The van der Waals surface area contributed by atoms with Gasteiger partial charge in [-0.05, 0) is 31.8 Å². The third kappa shape index (κ3) is 1.61. The number of rotatable bonds is 2. The van der Waals surface area contributed by atoms with Crippen LogP contribution in [-0.2, 0) is 5.60 Å². The van der Waals surface area contributed by atoms with E-state index in [1.165, 1.54) is 0 Å². The molecule has 17 heavy (non-hydrogen) atoms. The van der Waals surface area contributed by atoms with E-state index in [0.29, 0.717) is 18.1 Å². The molecule has 1 unspecified atom stereocenters. The van der Waals surface area contributed by atoms with Gasteiger partial charge in [0, 0.05) is 18.9 Å². The smallest absolute Gasteiger partial charge is 0.238 e. The van der Waals surface area contributed by atoms with E-state index in [9.17, 15) is 5.11 Å². The Bertz CT molecular complexity index is 418. The molecule has 0 amide bonds. The third-order valence-corrected chi connectivity index (χ3v) is 4.00. The second-order valence-electron chi connectivity index (χ2n) is 4.89. The zero-order valence-corrected chi connectivity index (χ0v) is 9.96. The molecule has 5 heteroatoms. The average molecular weight is 235 g/mol. The maximum Gasteiger partial charge on any atom is 0.238 e. The predicted molar refractivity (Wildman–Crippen MR) is 61.6 cm³/mol. The van der Waals surface area contributed by atoms with Crippen LogP contribution < -0.4 is 4.74 Å². The molecule has 2 bridgehead atoms. The van der Waals surface area contributed by atoms with Crippen LogP contribution in [-0.4, -0.2) is 46.7 Å². The Labute approximate surface area is 100 Å². The van der Waals surface area contributed by atoms with E-state index in [-0.39, 0.29) is 5.92 Å². The lowest BCUT2D eigenvalue weighted by atomic mass is 9.73. The summed E-state index contributed by atoms with van der Waals surface area (Å²) < 4.78 is 5.22. The maximum atomic E-state index is 10.9. The third-order valence-electron chi connectivity index (χ3n) is 4.00. The number of methoxy groups -OCH3 is 1. The second-order valence-corrected chi connectivity index (χ2v) is 4.89. The van der Waals surface area contributed by atoms with Gasteiger partial charge in [0.25, 0.3) is 0 Å². The van der Waals surface area contributed by atoms with Crippen molar-refractivity contribution in [2.24, 2.45) is 5.92 Å². The highest BCUT2D eigenvalue weighted by atomic mass is 16.5. The van der Waals surface area contributed by atoms with Crippen molar-refractivity contribution in [2.45, 2.75) is 18.4 Å². The standard InChI is InChI=1S/C12H17N3O2/c1-17-11-10(13-4-5-14-11)12(16)8-15-6-2-9(12)3-7-15/h4-5,9,16H,2-3,6-8H2,1H3. The number of hydrogen-bond acceptors (Lipinski definition) is 5. The molecule has 1 aromatic rings. The van der Waals surface area contributed by atoms with Crippen LogP contribution in [0, 0.1) is 5.92 Å². The van der Waals surface area contributed by atoms with Crippen molar-refractivity contribution in [1.82, 2.24) is 14.9 Å². The first kappa shape index (κ1) is 10.9. The van der Waals surface area contributed by atoms with E-state index in [2.05, 4.69) is 14.9 Å². The Balaban J connectivity index is 2.02. The van der Waals surface area contributed by atoms with Gasteiger partial charge in [-0.2, -0.15) is 0 Å². The molecule has 3 saturated heterocycles. The van der Waals surface area contributed by atoms with Crippen LogP contribution in [0.25, 0.3) is 0 Å². The van der Waals surface area contributed by atoms with E-state index in [0.717, 1.165) is 25.9 Å². The van der Waals surface area contributed by atoms with Crippen molar-refractivity contribution in [1.29, 1.82) is 0 Å². The fourth-order valence-corrected chi connectivity index (χ4v) is 3.08. The molecule has 1 atom stereocenters. The fraction of sp³-hybridized carbons (Fsp3) is 0.667. The van der Waals surface area contributed by atoms with Crippen LogP contribution in [0.2, 0.25) is 0 Å². The number of hydrogen-bond donors (Lipinski definition) is 1. The molecule has 3 aliphatic heterocycles. The number of nitrogens with zero attached hydrogens (tertiary/aromatic N) is 3. The summed E-state index contributed by atoms with van der Waals surface area (Å²) in [5.74, 6) is 0.724. The molecular weight excluding hydrogens is 218 g/mol. The van der Waals surface area contributed by atoms with Crippen LogP contribution >= 0.6 is 0 Å². The van der Waals surface area contributed by atoms with Gasteiger partial charge in [-0.1, -0.05) is 0 Å². The van der Waals surface area contributed by atoms with E-state index in [1.54, 1.807) is 19.5 Å². The van der Waals surface area contributed by atoms with Crippen LogP contribution in [0.5, 0.6) is 5.88 Å². The quantitative estimate of drug-likeness (QED) is 0.804. The van der Waals surface area contributed by atoms with Crippen LogP contribution in [0.1, 0.15) is 18.5 Å². The number of piperidine rings is 3. The van der Waals surface area contributed by atoms with Crippen molar-refractivity contribution in [3.63, 3.8) is 0 Å². The summed E-state index contributed by atoms with van der Waals surface area (Å²) in [6.07, 6.45) is 5.26. The molecule has 1 aromatic heterocycles. The van der Waals surface area contributed by atoms with Crippen molar-refractivity contribution in [2.75, 3.05) is 26.7 Å². The lowest BCUT2D eigenvalue weighted by Crippen LogP contribution is -2.57. The Morgan fingerprint density at radius 3 is 2.65 bits per heavy atom. The topological polar surface area (TPSA) is 58.5 Å². The molecule has 1 N–H and O–H groups in total. The zero-order chi connectivity index (χ0) is 11.9. The molecule has 5 nitrogen and oxygen atoms in total. The summed E-state index contributed by atoms with van der Waals surface area (Å²) in [6, 6.07) is 0. The van der Waals surface area contributed by atoms with Crippen molar-refractivity contribution >= 4 is 0 Å². The van der Waals surface area contributed by atoms with Gasteiger partial charge in [0.05, 0.1) is 7.11 Å². The van der Waals surface area contributed by atoms with Gasteiger partial charge in [0.1, 0.15) is 11.3 Å². The van der Waals surface area contributed by atoms with Crippen molar-refractivity contribution in [3.05, 3.63) is 18.1 Å². The molecule has 4 rings (SSSR count). The lowest BCUT2D eigenvalue weighted by molar-refractivity contribution is -0.121. The van der Waals surface area contributed by atoms with Gasteiger partial charge in [0.15, 0.2) is 0 Å². The maximum absolute atomic E-state index is 10.9. The Morgan fingerprint density at radius 1 is 1.35 bits per heavy atom. The first-order valence-electron chi connectivity index (χ1n) is 6.04. The first-order valence-corrected chi connectivity index (χ1v) is 6.04. The van der Waals surface area contributed by atoms with Gasteiger partial charge in [-0.15, -0.1) is 0 Å². The van der Waals surface area contributed by atoms with Gasteiger partial charge in [-0.25, -0.2) is 4.98 Å². The van der Waals surface area contributed by atoms with Crippen molar-refractivity contribution in [3.8, 4) is 5.88 Å². The van der Waals surface area contributed by atoms with E-state index in [1.807, 2.05) is 0 Å². The van der Waals surface area contributed by atoms with E-state index < -0.39 is 5.60 Å². The summed E-state index contributed by atoms with van der Waals surface area (Å²) in [4.78, 5) is 10.7. The summed E-state index contributed by atoms with van der Waals surface area (Å²) in [5, 5.41) is 10.9. The summed E-state index contributed by atoms with van der Waals surface area (Å²) in [6.45, 7) is 2.80. The average Bonchev–Trinajstić information content (AvgIpc) is 2.40.